The second kappa shape index (κ2) is 8.83. The number of halogens is 2. The van der Waals surface area contributed by atoms with E-state index in [0.29, 0.717) is 24.1 Å². The van der Waals surface area contributed by atoms with E-state index in [-0.39, 0.29) is 42.6 Å². The summed E-state index contributed by atoms with van der Waals surface area (Å²) in [6.07, 6.45) is 1.42. The van der Waals surface area contributed by atoms with Gasteiger partial charge in [0.05, 0.1) is 5.52 Å². The van der Waals surface area contributed by atoms with Gasteiger partial charge in [0.15, 0.2) is 0 Å². The zero-order chi connectivity index (χ0) is 22.4. The molecule has 1 fully saturated rings. The van der Waals surface area contributed by atoms with Crippen LogP contribution in [-0.4, -0.2) is 32.6 Å². The van der Waals surface area contributed by atoms with Crippen molar-refractivity contribution in [2.45, 2.75) is 38.3 Å². The smallest absolute Gasteiger partial charge is 0.323 e. The van der Waals surface area contributed by atoms with E-state index in [1.165, 1.54) is 12.1 Å². The first kappa shape index (κ1) is 22.7. The van der Waals surface area contributed by atoms with Crippen LogP contribution < -0.4 is 5.32 Å². The minimum atomic E-state index is -0.942. The van der Waals surface area contributed by atoms with Crippen molar-refractivity contribution in [3.8, 4) is 0 Å². The van der Waals surface area contributed by atoms with Gasteiger partial charge in [-0.15, -0.1) is 12.4 Å². The van der Waals surface area contributed by atoms with Gasteiger partial charge in [0.1, 0.15) is 18.1 Å². The highest BCUT2D eigenvalue weighted by molar-refractivity contribution is 5.95. The number of aliphatic carboxylic acids is 1. The number of amides is 1. The summed E-state index contributed by atoms with van der Waals surface area (Å²) in [5.74, 6) is -1.38. The number of carboxylic acids is 1. The van der Waals surface area contributed by atoms with Gasteiger partial charge in [-0.05, 0) is 61.6 Å². The number of nitrogens with one attached hydrogen (secondary N) is 1. The maximum Gasteiger partial charge on any atom is 0.323 e. The van der Waals surface area contributed by atoms with Gasteiger partial charge < -0.3 is 15.0 Å². The van der Waals surface area contributed by atoms with Gasteiger partial charge in [-0.1, -0.05) is 24.3 Å². The standard InChI is InChI=1S/C25H22FN3O3.ClH/c1-14-24(19-12-17(26)7-9-22(19)29(14)13-23(30)31)16-10-18(11-16)27-25(32)21-8-6-15-4-2-3-5-20(15)28-21;/h2-9,12,16,18H,10-11,13H2,1H3,(H,27,32)(H,30,31);1H. The van der Waals surface area contributed by atoms with E-state index in [1.54, 1.807) is 16.7 Å². The summed E-state index contributed by atoms with van der Waals surface area (Å²) in [5.41, 5.74) is 3.67. The third-order valence-electron chi connectivity index (χ3n) is 6.34. The van der Waals surface area contributed by atoms with E-state index in [9.17, 15) is 19.1 Å². The van der Waals surface area contributed by atoms with Crippen molar-refractivity contribution in [2.24, 2.45) is 0 Å². The maximum absolute atomic E-state index is 14.0. The van der Waals surface area contributed by atoms with E-state index >= 15 is 0 Å². The molecule has 8 heteroatoms. The Bertz CT molecular complexity index is 1380. The van der Waals surface area contributed by atoms with Crippen LogP contribution in [0.2, 0.25) is 0 Å². The largest absolute Gasteiger partial charge is 0.480 e. The third kappa shape index (κ3) is 4.16. The van der Waals surface area contributed by atoms with Crippen LogP contribution in [0, 0.1) is 12.7 Å². The predicted octanol–water partition coefficient (Wildman–Crippen LogP) is 4.82. The number of fused-ring (bicyclic) bond motifs is 2. The highest BCUT2D eigenvalue weighted by atomic mass is 35.5. The molecule has 33 heavy (non-hydrogen) atoms. The van der Waals surface area contributed by atoms with Crippen LogP contribution in [0.25, 0.3) is 21.8 Å². The quantitative estimate of drug-likeness (QED) is 0.440. The Balaban J connectivity index is 0.00000259. The molecule has 2 aromatic heterocycles. The molecular formula is C25H23ClFN3O3. The SMILES string of the molecule is Cc1c(C2CC(NC(=O)c3ccc4ccccc4n3)C2)c2cc(F)ccc2n1CC(=O)O.Cl. The van der Waals surface area contributed by atoms with Crippen LogP contribution in [0.1, 0.15) is 40.5 Å². The second-order valence-electron chi connectivity index (χ2n) is 8.37. The summed E-state index contributed by atoms with van der Waals surface area (Å²) >= 11 is 0. The molecule has 0 radical (unpaired) electrons. The molecule has 0 spiro atoms. The normalized spacial score (nSPS) is 17.4. The molecule has 5 rings (SSSR count). The number of aromatic nitrogens is 2. The molecule has 0 atom stereocenters. The molecule has 0 saturated heterocycles. The molecule has 2 heterocycles. The first-order valence-electron chi connectivity index (χ1n) is 10.6. The van der Waals surface area contributed by atoms with E-state index in [4.69, 9.17) is 0 Å². The fourth-order valence-electron chi connectivity index (χ4n) is 4.76. The van der Waals surface area contributed by atoms with E-state index in [1.807, 2.05) is 37.3 Å². The van der Waals surface area contributed by atoms with Gasteiger partial charge in [-0.2, -0.15) is 0 Å². The number of carboxylic acid groups (broad SMARTS) is 1. The first-order valence-corrected chi connectivity index (χ1v) is 10.6. The molecule has 1 saturated carbocycles. The lowest BCUT2D eigenvalue weighted by Crippen LogP contribution is -2.43. The number of rotatable bonds is 5. The maximum atomic E-state index is 14.0. The van der Waals surface area contributed by atoms with Crippen LogP contribution in [-0.2, 0) is 11.3 Å². The number of nitrogens with zero attached hydrogens (tertiary/aromatic N) is 2. The molecule has 1 aliphatic rings. The fourth-order valence-corrected chi connectivity index (χ4v) is 4.76. The molecule has 6 nitrogen and oxygen atoms in total. The van der Waals surface area contributed by atoms with Gasteiger partial charge in [-0.3, -0.25) is 9.59 Å². The molecule has 4 aromatic rings. The number of hydrogen-bond donors (Lipinski definition) is 2. The Morgan fingerprint density at radius 1 is 1.15 bits per heavy atom. The summed E-state index contributed by atoms with van der Waals surface area (Å²) < 4.78 is 15.7. The Labute approximate surface area is 195 Å². The van der Waals surface area contributed by atoms with Crippen LogP contribution in [0.5, 0.6) is 0 Å². The average molecular weight is 468 g/mol. The average Bonchev–Trinajstić information content (AvgIpc) is 3.00. The number of pyridine rings is 1. The first-order chi connectivity index (χ1) is 15.4. The molecular weight excluding hydrogens is 445 g/mol. The van der Waals surface area contributed by atoms with Crippen LogP contribution in [0.4, 0.5) is 4.39 Å². The van der Waals surface area contributed by atoms with Crippen molar-refractivity contribution in [3.63, 3.8) is 0 Å². The van der Waals surface area contributed by atoms with Gasteiger partial charge in [-0.25, -0.2) is 9.37 Å². The molecule has 1 aliphatic carbocycles. The monoisotopic (exact) mass is 467 g/mol. The van der Waals surface area contributed by atoms with Gasteiger partial charge in [0.2, 0.25) is 0 Å². The summed E-state index contributed by atoms with van der Waals surface area (Å²) in [5, 5.41) is 14.1. The lowest BCUT2D eigenvalue weighted by atomic mass is 9.75. The molecule has 0 unspecified atom stereocenters. The second-order valence-corrected chi connectivity index (χ2v) is 8.37. The Morgan fingerprint density at radius 2 is 1.91 bits per heavy atom. The third-order valence-corrected chi connectivity index (χ3v) is 6.34. The lowest BCUT2D eigenvalue weighted by molar-refractivity contribution is -0.137. The van der Waals surface area contributed by atoms with Crippen molar-refractivity contribution in [2.75, 3.05) is 0 Å². The zero-order valence-corrected chi connectivity index (χ0v) is 18.7. The topological polar surface area (TPSA) is 84.2 Å². The highest BCUT2D eigenvalue weighted by Gasteiger charge is 2.35. The number of hydrogen-bond acceptors (Lipinski definition) is 3. The summed E-state index contributed by atoms with van der Waals surface area (Å²) in [7, 11) is 0. The molecule has 0 aliphatic heterocycles. The van der Waals surface area contributed by atoms with Crippen LogP contribution >= 0.6 is 12.4 Å². The molecule has 2 aromatic carbocycles. The number of carbonyl (C=O) groups is 2. The van der Waals surface area contributed by atoms with Gasteiger partial charge in [0.25, 0.3) is 5.91 Å². The zero-order valence-electron chi connectivity index (χ0n) is 17.9. The molecule has 0 bridgehead atoms. The van der Waals surface area contributed by atoms with Crippen molar-refractivity contribution in [3.05, 3.63) is 77.4 Å². The number of benzene rings is 2. The van der Waals surface area contributed by atoms with Crippen LogP contribution in [0.3, 0.4) is 0 Å². The van der Waals surface area contributed by atoms with E-state index in [2.05, 4.69) is 10.3 Å². The number of para-hydroxylation sites is 1. The van der Waals surface area contributed by atoms with Gasteiger partial charge in [0, 0.05) is 28.0 Å². The molecule has 170 valence electrons. The Hall–Kier alpha value is -3.45. The van der Waals surface area contributed by atoms with E-state index < -0.39 is 5.97 Å². The van der Waals surface area contributed by atoms with Crippen LogP contribution in [0.15, 0.2) is 54.6 Å². The van der Waals surface area contributed by atoms with Crippen molar-refractivity contribution in [1.29, 1.82) is 0 Å². The summed E-state index contributed by atoms with van der Waals surface area (Å²) in [6, 6.07) is 15.7. The van der Waals surface area contributed by atoms with Gasteiger partial charge >= 0.3 is 5.97 Å². The minimum absolute atomic E-state index is 0. The summed E-state index contributed by atoms with van der Waals surface area (Å²) in [6.45, 7) is 1.70. The Morgan fingerprint density at radius 3 is 2.67 bits per heavy atom. The van der Waals surface area contributed by atoms with E-state index in [0.717, 1.165) is 27.5 Å². The van der Waals surface area contributed by atoms with Crippen molar-refractivity contribution < 1.29 is 19.1 Å². The summed E-state index contributed by atoms with van der Waals surface area (Å²) in [4.78, 5) is 28.5. The Kier molecular flexibility index (Phi) is 6.08. The minimum Gasteiger partial charge on any atom is -0.480 e. The fraction of sp³-hybridized carbons (Fsp3) is 0.240. The van der Waals surface area contributed by atoms with Crippen molar-refractivity contribution in [1.82, 2.24) is 14.9 Å². The molecule has 1 amide bonds. The highest BCUT2D eigenvalue weighted by Crippen LogP contribution is 2.43. The molecule has 2 N–H and O–H groups in total. The van der Waals surface area contributed by atoms with Crippen molar-refractivity contribution >= 4 is 46.1 Å². The predicted molar refractivity (Wildman–Crippen MR) is 126 cm³/mol. The number of carbonyl (C=O) groups excluding carboxylic acids is 1. The lowest BCUT2D eigenvalue weighted by Gasteiger charge is -2.36.